The van der Waals surface area contributed by atoms with Crippen molar-refractivity contribution in [1.82, 2.24) is 20.4 Å². The monoisotopic (exact) mass is 544 g/mol. The van der Waals surface area contributed by atoms with Crippen molar-refractivity contribution < 1.29 is 38.2 Å². The molecule has 1 aromatic carbocycles. The average Bonchev–Trinajstić information content (AvgIpc) is 3.15. The third-order valence-electron chi connectivity index (χ3n) is 6.85. The van der Waals surface area contributed by atoms with E-state index in [1.165, 1.54) is 6.07 Å². The number of imide groups is 2. The smallest absolute Gasteiger partial charge is 0.404 e. The summed E-state index contributed by atoms with van der Waals surface area (Å²) in [6.07, 6.45) is 0.667. The lowest BCUT2D eigenvalue weighted by Gasteiger charge is -2.31. The van der Waals surface area contributed by atoms with E-state index >= 15 is 0 Å². The van der Waals surface area contributed by atoms with Crippen molar-refractivity contribution in [1.29, 1.82) is 0 Å². The van der Waals surface area contributed by atoms with Gasteiger partial charge in [0.15, 0.2) is 0 Å². The van der Waals surface area contributed by atoms with Gasteiger partial charge in [-0.05, 0) is 31.4 Å². The van der Waals surface area contributed by atoms with Gasteiger partial charge in [-0.25, -0.2) is 4.79 Å². The molecule has 2 saturated heterocycles. The van der Waals surface area contributed by atoms with E-state index in [0.29, 0.717) is 25.4 Å². The average molecular weight is 545 g/mol. The van der Waals surface area contributed by atoms with E-state index in [0.717, 1.165) is 37.4 Å². The van der Waals surface area contributed by atoms with Crippen molar-refractivity contribution in [3.63, 3.8) is 0 Å². The first-order valence-electron chi connectivity index (χ1n) is 12.9. The van der Waals surface area contributed by atoms with Crippen LogP contribution in [0.5, 0.6) is 0 Å². The second kappa shape index (κ2) is 12.7. The number of hydrogen-bond donors (Lipinski definition) is 4. The van der Waals surface area contributed by atoms with E-state index < -0.39 is 35.8 Å². The number of hydrogen-bond acceptors (Lipinski definition) is 10. The molecule has 0 bridgehead atoms. The Bertz CT molecular complexity index is 1150. The number of fused-ring (bicyclic) bond motifs is 1. The van der Waals surface area contributed by atoms with Gasteiger partial charge in [-0.1, -0.05) is 6.07 Å². The maximum atomic E-state index is 13.1. The maximum Gasteiger partial charge on any atom is 0.404 e. The summed E-state index contributed by atoms with van der Waals surface area (Å²) in [5, 5.41) is 7.78. The number of nitrogens with two attached hydrogens (primary N) is 1. The summed E-state index contributed by atoms with van der Waals surface area (Å²) in [7, 11) is 0. The molecule has 14 nitrogen and oxygen atoms in total. The Balaban J connectivity index is 1.17. The number of primary amides is 1. The Morgan fingerprint density at radius 1 is 1.05 bits per heavy atom. The fourth-order valence-corrected chi connectivity index (χ4v) is 4.87. The molecule has 0 aromatic heterocycles. The lowest BCUT2D eigenvalue weighted by atomic mass is 10.0. The number of amides is 6. The molecule has 0 saturated carbocycles. The van der Waals surface area contributed by atoms with Crippen molar-refractivity contribution in [3.8, 4) is 0 Å². The highest BCUT2D eigenvalue weighted by molar-refractivity contribution is 6.25. The molecular formula is C25H32N6O8. The molecular weight excluding hydrogens is 512 g/mol. The number of anilines is 1. The molecule has 2 fully saturated rings. The number of nitrogens with zero attached hydrogens (tertiary/aromatic N) is 2. The highest BCUT2D eigenvalue weighted by atomic mass is 16.6. The molecule has 3 heterocycles. The van der Waals surface area contributed by atoms with Crippen LogP contribution in [0.2, 0.25) is 0 Å². The molecule has 39 heavy (non-hydrogen) atoms. The number of rotatable bonds is 11. The minimum Gasteiger partial charge on any atom is -0.446 e. The SMILES string of the molecule is NC(=O)OC1CCN(CCOCCNC(=O)CNc2cccc3c2C(=O)N(C2CCC(=O)NC2=O)C3=O)CC1. The number of nitrogens with one attached hydrogen (secondary N) is 3. The standard InChI is InChI=1S/C25H32N6O8/c26-25(37)39-15-6-9-30(10-7-15)11-13-38-12-8-27-20(33)14-28-17-3-1-2-16-21(17)24(36)31(23(16)35)18-4-5-19(32)29-22(18)34/h1-3,15,18,28H,4-14H2,(H2,26,37)(H,27,33)(H,29,32,34). The zero-order valence-corrected chi connectivity index (χ0v) is 21.4. The normalized spacial score (nSPS) is 20.0. The van der Waals surface area contributed by atoms with E-state index in [-0.39, 0.29) is 42.5 Å². The van der Waals surface area contributed by atoms with E-state index in [4.69, 9.17) is 15.2 Å². The molecule has 14 heteroatoms. The lowest BCUT2D eigenvalue weighted by molar-refractivity contribution is -0.136. The van der Waals surface area contributed by atoms with Gasteiger partial charge < -0.3 is 30.7 Å². The number of benzene rings is 1. The van der Waals surface area contributed by atoms with Crippen LogP contribution in [0, 0.1) is 0 Å². The van der Waals surface area contributed by atoms with Gasteiger partial charge in [-0.3, -0.25) is 34.2 Å². The second-order valence-electron chi connectivity index (χ2n) is 9.47. The van der Waals surface area contributed by atoms with Crippen molar-refractivity contribution in [3.05, 3.63) is 29.3 Å². The zero-order chi connectivity index (χ0) is 27.9. The van der Waals surface area contributed by atoms with Crippen LogP contribution in [0.15, 0.2) is 18.2 Å². The molecule has 6 amide bonds. The van der Waals surface area contributed by atoms with E-state index in [1.807, 2.05) is 0 Å². The summed E-state index contributed by atoms with van der Waals surface area (Å²) >= 11 is 0. The van der Waals surface area contributed by atoms with Crippen LogP contribution in [-0.2, 0) is 23.9 Å². The van der Waals surface area contributed by atoms with E-state index in [2.05, 4.69) is 20.9 Å². The van der Waals surface area contributed by atoms with Crippen LogP contribution in [0.1, 0.15) is 46.4 Å². The van der Waals surface area contributed by atoms with Gasteiger partial charge in [0, 0.05) is 38.3 Å². The Labute approximate surface area is 224 Å². The van der Waals surface area contributed by atoms with Crippen molar-refractivity contribution >= 4 is 41.3 Å². The Morgan fingerprint density at radius 3 is 2.54 bits per heavy atom. The van der Waals surface area contributed by atoms with Crippen LogP contribution in [0.25, 0.3) is 0 Å². The van der Waals surface area contributed by atoms with Gasteiger partial charge >= 0.3 is 6.09 Å². The molecule has 1 atom stereocenters. The Morgan fingerprint density at radius 2 is 1.82 bits per heavy atom. The predicted molar refractivity (Wildman–Crippen MR) is 136 cm³/mol. The van der Waals surface area contributed by atoms with E-state index in [1.54, 1.807) is 12.1 Å². The summed E-state index contributed by atoms with van der Waals surface area (Å²) in [4.78, 5) is 75.9. The van der Waals surface area contributed by atoms with Crippen molar-refractivity contribution in [2.45, 2.75) is 37.8 Å². The van der Waals surface area contributed by atoms with E-state index in [9.17, 15) is 28.8 Å². The van der Waals surface area contributed by atoms with Crippen LogP contribution in [0.3, 0.4) is 0 Å². The fourth-order valence-electron chi connectivity index (χ4n) is 4.87. The Kier molecular flexibility index (Phi) is 9.09. The van der Waals surface area contributed by atoms with Gasteiger partial charge in [0.1, 0.15) is 12.1 Å². The van der Waals surface area contributed by atoms with Crippen LogP contribution in [0.4, 0.5) is 10.5 Å². The van der Waals surface area contributed by atoms with Crippen LogP contribution >= 0.6 is 0 Å². The highest BCUT2D eigenvalue weighted by Crippen LogP contribution is 2.32. The van der Waals surface area contributed by atoms with Gasteiger partial charge in [0.05, 0.1) is 30.9 Å². The minimum absolute atomic E-state index is 0.0331. The van der Waals surface area contributed by atoms with Gasteiger partial charge in [0.25, 0.3) is 11.8 Å². The predicted octanol–water partition coefficient (Wildman–Crippen LogP) is -0.808. The van der Waals surface area contributed by atoms with Crippen LogP contribution < -0.4 is 21.7 Å². The summed E-state index contributed by atoms with van der Waals surface area (Å²) < 4.78 is 10.6. The summed E-state index contributed by atoms with van der Waals surface area (Å²) in [5.41, 5.74) is 5.57. The topological polar surface area (TPSA) is 189 Å². The first kappa shape index (κ1) is 28.0. The quantitative estimate of drug-likeness (QED) is 0.203. The third-order valence-corrected chi connectivity index (χ3v) is 6.85. The fraction of sp³-hybridized carbons (Fsp3) is 0.520. The third kappa shape index (κ3) is 6.89. The number of piperidine rings is 2. The molecule has 5 N–H and O–H groups in total. The molecule has 0 spiro atoms. The molecule has 1 unspecified atom stereocenters. The molecule has 4 rings (SSSR count). The molecule has 0 radical (unpaired) electrons. The molecule has 1 aromatic rings. The molecule has 210 valence electrons. The number of ether oxygens (including phenoxy) is 2. The number of carbonyl (C=O) groups excluding carboxylic acids is 6. The number of likely N-dealkylation sites (tertiary alicyclic amines) is 1. The first-order chi connectivity index (χ1) is 18.7. The minimum atomic E-state index is -1.06. The largest absolute Gasteiger partial charge is 0.446 e. The van der Waals surface area contributed by atoms with Crippen molar-refractivity contribution in [2.24, 2.45) is 5.73 Å². The van der Waals surface area contributed by atoms with Gasteiger partial charge in [-0.15, -0.1) is 0 Å². The zero-order valence-electron chi connectivity index (χ0n) is 21.4. The molecule has 0 aliphatic carbocycles. The highest BCUT2D eigenvalue weighted by Gasteiger charge is 2.45. The molecule has 3 aliphatic rings. The van der Waals surface area contributed by atoms with Crippen LogP contribution in [-0.4, -0.2) is 104 Å². The van der Waals surface area contributed by atoms with Crippen molar-refractivity contribution in [2.75, 3.05) is 51.3 Å². The van der Waals surface area contributed by atoms with Gasteiger partial charge in [0.2, 0.25) is 17.7 Å². The number of carbonyl (C=O) groups is 6. The summed E-state index contributed by atoms with van der Waals surface area (Å²) in [6, 6.07) is 3.59. The summed E-state index contributed by atoms with van der Waals surface area (Å²) in [5.74, 6) is -2.72. The van der Waals surface area contributed by atoms with Gasteiger partial charge in [-0.2, -0.15) is 0 Å². The summed E-state index contributed by atoms with van der Waals surface area (Å²) in [6.45, 7) is 3.26. The molecule has 3 aliphatic heterocycles. The Hall–Kier alpha value is -4.04. The second-order valence-corrected chi connectivity index (χ2v) is 9.47. The lowest BCUT2D eigenvalue weighted by Crippen LogP contribution is -2.54. The first-order valence-corrected chi connectivity index (χ1v) is 12.9. The maximum absolute atomic E-state index is 13.1.